The molecule has 1 heterocycles. The molecule has 0 aliphatic heterocycles. The van der Waals surface area contributed by atoms with E-state index in [0.717, 1.165) is 11.4 Å². The second-order valence-electron chi connectivity index (χ2n) is 3.91. The lowest BCUT2D eigenvalue weighted by Gasteiger charge is -2.05. The van der Waals surface area contributed by atoms with Gasteiger partial charge in [-0.05, 0) is 19.1 Å². The van der Waals surface area contributed by atoms with Gasteiger partial charge in [-0.15, -0.1) is 0 Å². The fourth-order valence-electron chi connectivity index (χ4n) is 1.50. The lowest BCUT2D eigenvalue weighted by atomic mass is 10.3. The number of benzene rings is 1. The first-order chi connectivity index (χ1) is 8.74. The van der Waals surface area contributed by atoms with Crippen molar-refractivity contribution in [3.05, 3.63) is 42.2 Å². The molecule has 0 spiro atoms. The SMILES string of the molecule is Cc1cc(NCCC(=O)Nc2ccccc2)no1. The van der Waals surface area contributed by atoms with E-state index in [-0.39, 0.29) is 5.91 Å². The topological polar surface area (TPSA) is 67.2 Å². The van der Waals surface area contributed by atoms with Crippen LogP contribution in [0.25, 0.3) is 0 Å². The Morgan fingerprint density at radius 3 is 2.78 bits per heavy atom. The number of carbonyl (C=O) groups excluding carboxylic acids is 1. The number of anilines is 2. The molecule has 1 aromatic heterocycles. The van der Waals surface area contributed by atoms with Gasteiger partial charge in [0.15, 0.2) is 5.82 Å². The normalized spacial score (nSPS) is 10.1. The van der Waals surface area contributed by atoms with Crippen LogP contribution in [0.1, 0.15) is 12.2 Å². The van der Waals surface area contributed by atoms with E-state index in [1.54, 1.807) is 6.07 Å². The van der Waals surface area contributed by atoms with Gasteiger partial charge in [0, 0.05) is 24.7 Å². The molecule has 0 fully saturated rings. The average molecular weight is 245 g/mol. The van der Waals surface area contributed by atoms with Gasteiger partial charge < -0.3 is 15.2 Å². The van der Waals surface area contributed by atoms with E-state index in [1.165, 1.54) is 0 Å². The van der Waals surface area contributed by atoms with E-state index in [1.807, 2.05) is 37.3 Å². The molecule has 18 heavy (non-hydrogen) atoms. The third kappa shape index (κ3) is 3.62. The van der Waals surface area contributed by atoms with Crippen LogP contribution < -0.4 is 10.6 Å². The van der Waals surface area contributed by atoms with E-state index in [2.05, 4.69) is 15.8 Å². The van der Waals surface area contributed by atoms with Crippen LogP contribution in [0.4, 0.5) is 11.5 Å². The Labute approximate surface area is 105 Å². The van der Waals surface area contributed by atoms with Crippen LogP contribution in [0.3, 0.4) is 0 Å². The molecule has 5 heteroatoms. The number of para-hydroxylation sites is 1. The van der Waals surface area contributed by atoms with Crippen molar-refractivity contribution in [2.24, 2.45) is 0 Å². The summed E-state index contributed by atoms with van der Waals surface area (Å²) in [5, 5.41) is 9.61. The summed E-state index contributed by atoms with van der Waals surface area (Å²) in [7, 11) is 0. The molecule has 0 saturated heterocycles. The number of nitrogens with one attached hydrogen (secondary N) is 2. The predicted octanol–water partition coefficient (Wildman–Crippen LogP) is 2.42. The van der Waals surface area contributed by atoms with Gasteiger partial charge in [-0.2, -0.15) is 0 Å². The molecule has 0 aliphatic rings. The maximum Gasteiger partial charge on any atom is 0.226 e. The number of amides is 1. The Balaban J connectivity index is 1.72. The van der Waals surface area contributed by atoms with Gasteiger partial charge in [-0.3, -0.25) is 4.79 Å². The molecule has 0 radical (unpaired) electrons. The second-order valence-corrected chi connectivity index (χ2v) is 3.91. The zero-order valence-electron chi connectivity index (χ0n) is 10.1. The fraction of sp³-hybridized carbons (Fsp3) is 0.231. The minimum atomic E-state index is -0.0334. The van der Waals surface area contributed by atoms with Crippen molar-refractivity contribution >= 4 is 17.4 Å². The Bertz CT molecular complexity index is 508. The first-order valence-electron chi connectivity index (χ1n) is 5.76. The second kappa shape index (κ2) is 5.86. The van der Waals surface area contributed by atoms with Crippen molar-refractivity contribution in [2.45, 2.75) is 13.3 Å². The van der Waals surface area contributed by atoms with E-state index in [9.17, 15) is 4.79 Å². The van der Waals surface area contributed by atoms with E-state index in [0.29, 0.717) is 18.8 Å². The molecular weight excluding hydrogens is 230 g/mol. The highest BCUT2D eigenvalue weighted by Crippen LogP contribution is 2.08. The number of carbonyl (C=O) groups is 1. The maximum absolute atomic E-state index is 11.6. The molecule has 1 aromatic carbocycles. The largest absolute Gasteiger partial charge is 0.367 e. The summed E-state index contributed by atoms with van der Waals surface area (Å²) in [6, 6.07) is 11.2. The van der Waals surface area contributed by atoms with Crippen molar-refractivity contribution < 1.29 is 9.32 Å². The third-order valence-corrected chi connectivity index (χ3v) is 2.34. The number of rotatable bonds is 5. The Morgan fingerprint density at radius 1 is 1.33 bits per heavy atom. The van der Waals surface area contributed by atoms with Gasteiger partial charge >= 0.3 is 0 Å². The Hall–Kier alpha value is -2.30. The molecule has 0 bridgehead atoms. The Kier molecular flexibility index (Phi) is 3.96. The molecule has 2 rings (SSSR count). The van der Waals surface area contributed by atoms with Gasteiger partial charge in [-0.1, -0.05) is 23.4 Å². The fourth-order valence-corrected chi connectivity index (χ4v) is 1.50. The quantitative estimate of drug-likeness (QED) is 0.849. The predicted molar refractivity (Wildman–Crippen MR) is 69.4 cm³/mol. The Morgan fingerprint density at radius 2 is 2.11 bits per heavy atom. The van der Waals surface area contributed by atoms with Crippen LogP contribution in [0.15, 0.2) is 40.9 Å². The molecule has 0 saturated carbocycles. The molecule has 5 nitrogen and oxygen atoms in total. The van der Waals surface area contributed by atoms with Gasteiger partial charge in [-0.25, -0.2) is 0 Å². The van der Waals surface area contributed by atoms with Crippen LogP contribution in [0, 0.1) is 6.92 Å². The summed E-state index contributed by atoms with van der Waals surface area (Å²) in [4.78, 5) is 11.6. The first-order valence-corrected chi connectivity index (χ1v) is 5.76. The maximum atomic E-state index is 11.6. The van der Waals surface area contributed by atoms with Crippen LogP contribution >= 0.6 is 0 Å². The minimum Gasteiger partial charge on any atom is -0.367 e. The lowest BCUT2D eigenvalue weighted by Crippen LogP contribution is -2.16. The van der Waals surface area contributed by atoms with E-state index >= 15 is 0 Å². The number of hydrogen-bond donors (Lipinski definition) is 2. The highest BCUT2D eigenvalue weighted by molar-refractivity contribution is 5.90. The van der Waals surface area contributed by atoms with Crippen LogP contribution in [0.2, 0.25) is 0 Å². The number of aryl methyl sites for hydroxylation is 1. The smallest absolute Gasteiger partial charge is 0.226 e. The summed E-state index contributed by atoms with van der Waals surface area (Å²) >= 11 is 0. The van der Waals surface area contributed by atoms with Gasteiger partial charge in [0.2, 0.25) is 5.91 Å². The molecule has 2 N–H and O–H groups in total. The summed E-state index contributed by atoms with van der Waals surface area (Å²) in [5.41, 5.74) is 0.805. The number of nitrogens with zero attached hydrogens (tertiary/aromatic N) is 1. The first kappa shape index (κ1) is 12.2. The zero-order valence-corrected chi connectivity index (χ0v) is 10.1. The molecule has 94 valence electrons. The summed E-state index contributed by atoms with van der Waals surface area (Å²) in [6.07, 6.45) is 0.376. The average Bonchev–Trinajstić information content (AvgIpc) is 2.76. The zero-order chi connectivity index (χ0) is 12.8. The summed E-state index contributed by atoms with van der Waals surface area (Å²) < 4.78 is 4.90. The van der Waals surface area contributed by atoms with Crippen molar-refractivity contribution in [3.63, 3.8) is 0 Å². The van der Waals surface area contributed by atoms with E-state index in [4.69, 9.17) is 4.52 Å². The summed E-state index contributed by atoms with van der Waals surface area (Å²) in [5.74, 6) is 1.36. The molecule has 0 unspecified atom stereocenters. The molecule has 0 aliphatic carbocycles. The number of hydrogen-bond acceptors (Lipinski definition) is 4. The molecule has 0 atom stereocenters. The van der Waals surface area contributed by atoms with Crippen molar-refractivity contribution in [1.29, 1.82) is 0 Å². The highest BCUT2D eigenvalue weighted by atomic mass is 16.5. The van der Waals surface area contributed by atoms with Gasteiger partial charge in [0.1, 0.15) is 5.76 Å². The third-order valence-electron chi connectivity index (χ3n) is 2.34. The van der Waals surface area contributed by atoms with Crippen molar-refractivity contribution in [1.82, 2.24) is 5.16 Å². The van der Waals surface area contributed by atoms with Crippen LogP contribution in [0.5, 0.6) is 0 Å². The van der Waals surface area contributed by atoms with E-state index < -0.39 is 0 Å². The van der Waals surface area contributed by atoms with Crippen LogP contribution in [-0.2, 0) is 4.79 Å². The van der Waals surface area contributed by atoms with Gasteiger partial charge in [0.25, 0.3) is 0 Å². The molecule has 1 amide bonds. The highest BCUT2D eigenvalue weighted by Gasteiger charge is 2.03. The monoisotopic (exact) mass is 245 g/mol. The minimum absolute atomic E-state index is 0.0334. The van der Waals surface area contributed by atoms with Gasteiger partial charge in [0.05, 0.1) is 0 Å². The van der Waals surface area contributed by atoms with Crippen LogP contribution in [-0.4, -0.2) is 17.6 Å². The van der Waals surface area contributed by atoms with Crippen molar-refractivity contribution in [2.75, 3.05) is 17.2 Å². The molecular formula is C13H15N3O2. The number of aromatic nitrogens is 1. The lowest BCUT2D eigenvalue weighted by molar-refractivity contribution is -0.115. The summed E-state index contributed by atoms with van der Waals surface area (Å²) in [6.45, 7) is 2.34. The molecule has 2 aromatic rings. The van der Waals surface area contributed by atoms with Crippen molar-refractivity contribution in [3.8, 4) is 0 Å². The standard InChI is InChI=1S/C13H15N3O2/c1-10-9-12(16-18-10)14-8-7-13(17)15-11-5-3-2-4-6-11/h2-6,9H,7-8H2,1H3,(H,14,16)(H,15,17).